The lowest BCUT2D eigenvalue weighted by molar-refractivity contribution is 0.251. The second kappa shape index (κ2) is 7.94. The van der Waals surface area contributed by atoms with Gasteiger partial charge in [0.25, 0.3) is 0 Å². The first-order valence-corrected chi connectivity index (χ1v) is 7.38. The van der Waals surface area contributed by atoms with Gasteiger partial charge in [-0.15, -0.1) is 0 Å². The van der Waals surface area contributed by atoms with Gasteiger partial charge in [-0.3, -0.25) is 5.43 Å². The number of nitrogens with one attached hydrogen (secondary N) is 2. The lowest BCUT2D eigenvalue weighted by atomic mass is 9.95. The molecular weight excluding hydrogens is 270 g/mol. The molecule has 1 aromatic rings. The molecule has 8 heteroatoms. The number of anilines is 3. The molecule has 0 saturated heterocycles. The Kier molecular flexibility index (Phi) is 6.57. The first-order chi connectivity index (χ1) is 10.0. The molecule has 0 aliphatic carbocycles. The predicted molar refractivity (Wildman–Crippen MR) is 85.2 cm³/mol. The Balaban J connectivity index is 3.08. The predicted octanol–water partition coefficient (Wildman–Crippen LogP) is 0.966. The number of hydrogen-bond donors (Lipinski definition) is 4. The van der Waals surface area contributed by atoms with E-state index >= 15 is 0 Å². The van der Waals surface area contributed by atoms with Crippen LogP contribution in [-0.4, -0.2) is 45.3 Å². The normalized spacial score (nSPS) is 13.6. The number of nitrogen functional groups attached to an aromatic ring is 1. The Hall–Kier alpha value is -1.67. The summed E-state index contributed by atoms with van der Waals surface area (Å²) >= 11 is 0. The van der Waals surface area contributed by atoms with E-state index in [0.29, 0.717) is 24.3 Å². The molecule has 5 N–H and O–H groups in total. The van der Waals surface area contributed by atoms with Crippen molar-refractivity contribution in [2.45, 2.75) is 46.1 Å². The van der Waals surface area contributed by atoms with Crippen molar-refractivity contribution >= 4 is 17.8 Å². The Labute approximate surface area is 126 Å². The largest absolute Gasteiger partial charge is 0.396 e. The van der Waals surface area contributed by atoms with Crippen LogP contribution in [0.15, 0.2) is 0 Å². The summed E-state index contributed by atoms with van der Waals surface area (Å²) in [5, 5.41) is 12.5. The molecule has 120 valence electrons. The number of hydrazine groups is 1. The molecule has 0 radical (unpaired) electrons. The molecular formula is C13H27N7O. The molecule has 21 heavy (non-hydrogen) atoms. The average molecular weight is 297 g/mol. The summed E-state index contributed by atoms with van der Waals surface area (Å²) in [6.45, 7) is 9.86. The molecule has 1 heterocycles. The third-order valence-corrected chi connectivity index (χ3v) is 3.66. The van der Waals surface area contributed by atoms with Crippen LogP contribution in [0.3, 0.4) is 0 Å². The van der Waals surface area contributed by atoms with Gasteiger partial charge in [-0.05, 0) is 33.6 Å². The average Bonchev–Trinajstić information content (AvgIpc) is 2.48. The van der Waals surface area contributed by atoms with Crippen molar-refractivity contribution in [3.8, 4) is 0 Å². The number of hydrogen-bond acceptors (Lipinski definition) is 8. The van der Waals surface area contributed by atoms with Gasteiger partial charge >= 0.3 is 0 Å². The van der Waals surface area contributed by atoms with E-state index in [0.717, 1.165) is 19.5 Å². The second-order valence-electron chi connectivity index (χ2n) is 5.11. The van der Waals surface area contributed by atoms with Crippen molar-refractivity contribution in [1.29, 1.82) is 0 Å². The van der Waals surface area contributed by atoms with Crippen LogP contribution in [0.5, 0.6) is 0 Å². The minimum atomic E-state index is -0.275. The van der Waals surface area contributed by atoms with Gasteiger partial charge in [0, 0.05) is 25.2 Å². The van der Waals surface area contributed by atoms with Crippen LogP contribution in [0.1, 0.15) is 40.5 Å². The van der Waals surface area contributed by atoms with Crippen LogP contribution in [-0.2, 0) is 0 Å². The summed E-state index contributed by atoms with van der Waals surface area (Å²) in [6, 6.07) is 0. The minimum absolute atomic E-state index is 0.104. The Morgan fingerprint density at radius 1 is 1.14 bits per heavy atom. The van der Waals surface area contributed by atoms with E-state index in [9.17, 15) is 5.11 Å². The Bertz CT molecular complexity index is 439. The molecule has 0 bridgehead atoms. The maximum absolute atomic E-state index is 9.20. The van der Waals surface area contributed by atoms with Crippen LogP contribution in [0.2, 0.25) is 0 Å². The monoisotopic (exact) mass is 297 g/mol. The topological polar surface area (TPSA) is 112 Å². The van der Waals surface area contributed by atoms with Crippen molar-refractivity contribution in [1.82, 2.24) is 15.0 Å². The highest BCUT2D eigenvalue weighted by molar-refractivity contribution is 5.44. The standard InChI is InChI=1S/C13H27N7O/c1-5-13(4,8-9-21)18-10-15-11(19-14)17-12(16-10)20(6-2)7-3/h21H,5-9,14H2,1-4H3,(H2,15,16,17,18,19). The molecule has 0 spiro atoms. The Morgan fingerprint density at radius 3 is 2.24 bits per heavy atom. The Morgan fingerprint density at radius 2 is 1.76 bits per heavy atom. The summed E-state index contributed by atoms with van der Waals surface area (Å²) in [7, 11) is 0. The third kappa shape index (κ3) is 4.68. The number of aliphatic hydroxyl groups excluding tert-OH is 1. The van der Waals surface area contributed by atoms with Crippen molar-refractivity contribution < 1.29 is 5.11 Å². The summed E-state index contributed by atoms with van der Waals surface area (Å²) in [6.07, 6.45) is 1.45. The molecule has 1 rings (SSSR count). The van der Waals surface area contributed by atoms with E-state index in [1.807, 2.05) is 25.7 Å². The summed E-state index contributed by atoms with van der Waals surface area (Å²) < 4.78 is 0. The zero-order valence-electron chi connectivity index (χ0n) is 13.3. The molecule has 1 unspecified atom stereocenters. The van der Waals surface area contributed by atoms with Gasteiger partial charge in [0.15, 0.2) is 0 Å². The molecule has 0 amide bonds. The van der Waals surface area contributed by atoms with Crippen molar-refractivity contribution in [3.05, 3.63) is 0 Å². The minimum Gasteiger partial charge on any atom is -0.396 e. The van der Waals surface area contributed by atoms with Crippen molar-refractivity contribution in [3.63, 3.8) is 0 Å². The first-order valence-electron chi connectivity index (χ1n) is 7.38. The number of nitrogens with zero attached hydrogens (tertiary/aromatic N) is 4. The van der Waals surface area contributed by atoms with E-state index in [1.165, 1.54) is 0 Å². The smallest absolute Gasteiger partial charge is 0.243 e. The summed E-state index contributed by atoms with van der Waals surface area (Å²) in [5.74, 6) is 6.79. The summed E-state index contributed by atoms with van der Waals surface area (Å²) in [4.78, 5) is 15.0. The maximum Gasteiger partial charge on any atom is 0.243 e. The van der Waals surface area contributed by atoms with Crippen LogP contribution >= 0.6 is 0 Å². The van der Waals surface area contributed by atoms with Gasteiger partial charge in [0.1, 0.15) is 0 Å². The van der Waals surface area contributed by atoms with Gasteiger partial charge < -0.3 is 15.3 Å². The SMILES string of the molecule is CCN(CC)c1nc(NN)nc(NC(C)(CC)CCO)n1. The number of rotatable bonds is 9. The van der Waals surface area contributed by atoms with Crippen LogP contribution in [0, 0.1) is 0 Å². The lowest BCUT2D eigenvalue weighted by Crippen LogP contribution is -2.36. The van der Waals surface area contributed by atoms with Crippen molar-refractivity contribution in [2.75, 3.05) is 35.3 Å². The zero-order valence-corrected chi connectivity index (χ0v) is 13.3. The molecule has 1 atom stereocenters. The summed E-state index contributed by atoms with van der Waals surface area (Å²) in [5.41, 5.74) is 2.19. The third-order valence-electron chi connectivity index (χ3n) is 3.66. The van der Waals surface area contributed by atoms with E-state index in [2.05, 4.69) is 32.6 Å². The van der Waals surface area contributed by atoms with Gasteiger partial charge in [-0.2, -0.15) is 15.0 Å². The fourth-order valence-corrected chi connectivity index (χ4v) is 1.98. The van der Waals surface area contributed by atoms with Crippen molar-refractivity contribution in [2.24, 2.45) is 5.84 Å². The maximum atomic E-state index is 9.20. The fourth-order valence-electron chi connectivity index (χ4n) is 1.98. The molecule has 0 aliphatic heterocycles. The highest BCUT2D eigenvalue weighted by atomic mass is 16.3. The van der Waals surface area contributed by atoms with Crippen LogP contribution in [0.4, 0.5) is 17.8 Å². The van der Waals surface area contributed by atoms with Gasteiger partial charge in [0.2, 0.25) is 17.8 Å². The highest BCUT2D eigenvalue weighted by Crippen LogP contribution is 2.21. The van der Waals surface area contributed by atoms with E-state index in [4.69, 9.17) is 5.84 Å². The lowest BCUT2D eigenvalue weighted by Gasteiger charge is -2.29. The molecule has 1 aromatic heterocycles. The fraction of sp³-hybridized carbons (Fsp3) is 0.769. The van der Waals surface area contributed by atoms with E-state index in [1.54, 1.807) is 0 Å². The molecule has 0 saturated carbocycles. The number of nitrogens with two attached hydrogens (primary N) is 1. The van der Waals surface area contributed by atoms with Gasteiger partial charge in [0.05, 0.1) is 0 Å². The molecule has 0 aliphatic rings. The number of aliphatic hydroxyl groups is 1. The quantitative estimate of drug-likeness (QED) is 0.394. The van der Waals surface area contributed by atoms with Gasteiger partial charge in [-0.1, -0.05) is 6.92 Å². The molecule has 0 aromatic carbocycles. The van der Waals surface area contributed by atoms with E-state index in [-0.39, 0.29) is 12.1 Å². The first kappa shape index (κ1) is 17.4. The molecule has 8 nitrogen and oxygen atoms in total. The van der Waals surface area contributed by atoms with E-state index < -0.39 is 0 Å². The second-order valence-corrected chi connectivity index (χ2v) is 5.11. The highest BCUT2D eigenvalue weighted by Gasteiger charge is 2.23. The zero-order chi connectivity index (χ0) is 15.9. The number of aromatic nitrogens is 3. The molecule has 0 fully saturated rings. The van der Waals surface area contributed by atoms with Gasteiger partial charge in [-0.25, -0.2) is 5.84 Å². The van der Waals surface area contributed by atoms with Crippen LogP contribution in [0.25, 0.3) is 0 Å². The van der Waals surface area contributed by atoms with Crippen LogP contribution < -0.4 is 21.5 Å².